The predicted molar refractivity (Wildman–Crippen MR) is 138 cm³/mol. The van der Waals surface area contributed by atoms with Crippen molar-refractivity contribution >= 4 is 29.4 Å². The summed E-state index contributed by atoms with van der Waals surface area (Å²) < 4.78 is 35.2. The van der Waals surface area contributed by atoms with Crippen LogP contribution in [0, 0.1) is 11.6 Å². The summed E-state index contributed by atoms with van der Waals surface area (Å²) in [7, 11) is 0. The van der Waals surface area contributed by atoms with E-state index in [9.17, 15) is 13.6 Å². The molecule has 5 rings (SSSR count). The van der Waals surface area contributed by atoms with Crippen molar-refractivity contribution in [1.29, 1.82) is 0 Å². The number of pyridine rings is 1. The van der Waals surface area contributed by atoms with E-state index in [-0.39, 0.29) is 23.4 Å². The maximum atomic E-state index is 14.9. The standard InChI is InChI=1S/C26H29F2N7O2/c1-17(2)35-10-12-37-25-20(27)13-18(14-22(25)35)24-21(28)16-30-26(32-24)31-23-4-3-19(15-29-23)34-7-5-33(6-8-34)9-11-36/h3-4,11,13-17H,5-10,12H2,1-2H3,(H,29,30,31,32). The summed E-state index contributed by atoms with van der Waals surface area (Å²) in [5, 5.41) is 3.00. The van der Waals surface area contributed by atoms with E-state index in [1.54, 1.807) is 18.3 Å². The largest absolute Gasteiger partial charge is 0.486 e. The molecule has 1 N–H and O–H groups in total. The van der Waals surface area contributed by atoms with E-state index in [2.05, 4.69) is 30.1 Å². The Morgan fingerprint density at radius 1 is 1.05 bits per heavy atom. The number of nitrogens with zero attached hydrogens (tertiary/aromatic N) is 6. The highest BCUT2D eigenvalue weighted by Crippen LogP contribution is 2.39. The third kappa shape index (κ3) is 5.31. The summed E-state index contributed by atoms with van der Waals surface area (Å²) in [5.41, 5.74) is 1.83. The van der Waals surface area contributed by atoms with Gasteiger partial charge >= 0.3 is 0 Å². The van der Waals surface area contributed by atoms with Gasteiger partial charge in [0.25, 0.3) is 0 Å². The summed E-state index contributed by atoms with van der Waals surface area (Å²) in [4.78, 5) is 29.9. The number of nitrogens with one attached hydrogen (secondary N) is 1. The van der Waals surface area contributed by atoms with E-state index in [0.29, 0.717) is 36.8 Å². The molecule has 0 saturated carbocycles. The number of piperazine rings is 1. The zero-order chi connectivity index (χ0) is 25.9. The van der Waals surface area contributed by atoms with Crippen molar-refractivity contribution in [1.82, 2.24) is 19.9 Å². The first kappa shape index (κ1) is 24.8. The van der Waals surface area contributed by atoms with Gasteiger partial charge in [0.15, 0.2) is 17.4 Å². The summed E-state index contributed by atoms with van der Waals surface area (Å²) in [6.07, 6.45) is 3.74. The van der Waals surface area contributed by atoms with E-state index in [4.69, 9.17) is 4.74 Å². The van der Waals surface area contributed by atoms with Crippen molar-refractivity contribution in [2.75, 3.05) is 61.0 Å². The summed E-state index contributed by atoms with van der Waals surface area (Å²) in [5.74, 6) is -0.401. The topological polar surface area (TPSA) is 86.7 Å². The fourth-order valence-corrected chi connectivity index (χ4v) is 4.66. The molecule has 0 spiro atoms. The maximum Gasteiger partial charge on any atom is 0.229 e. The SMILES string of the molecule is CC(C)N1CCOc2c(F)cc(-c3nc(Nc4ccc(N5CCN(CC=O)CC5)cn4)ncc3F)cc21. The highest BCUT2D eigenvalue weighted by atomic mass is 19.1. The van der Waals surface area contributed by atoms with Crippen LogP contribution < -0.4 is 19.9 Å². The summed E-state index contributed by atoms with van der Waals surface area (Å²) in [6.45, 7) is 8.73. The van der Waals surface area contributed by atoms with Gasteiger partial charge in [0.1, 0.15) is 24.4 Å². The molecule has 0 radical (unpaired) electrons. The lowest BCUT2D eigenvalue weighted by atomic mass is 10.1. The van der Waals surface area contributed by atoms with Crippen molar-refractivity contribution in [2.24, 2.45) is 0 Å². The molecule has 0 amide bonds. The number of aromatic nitrogens is 3. The first-order chi connectivity index (χ1) is 17.9. The third-order valence-corrected chi connectivity index (χ3v) is 6.61. The minimum atomic E-state index is -0.658. The Hall–Kier alpha value is -3.86. The van der Waals surface area contributed by atoms with Crippen molar-refractivity contribution in [3.05, 3.63) is 48.3 Å². The highest BCUT2D eigenvalue weighted by Gasteiger charge is 2.26. The molecular weight excluding hydrogens is 480 g/mol. The minimum absolute atomic E-state index is 0.0155. The second-order valence-corrected chi connectivity index (χ2v) is 9.31. The Bertz CT molecular complexity index is 1260. The van der Waals surface area contributed by atoms with Crippen LogP contribution >= 0.6 is 0 Å². The van der Waals surface area contributed by atoms with Crippen molar-refractivity contribution in [3.8, 4) is 17.0 Å². The van der Waals surface area contributed by atoms with Gasteiger partial charge in [-0.25, -0.2) is 23.7 Å². The molecule has 11 heteroatoms. The number of hydrogen-bond acceptors (Lipinski definition) is 9. The van der Waals surface area contributed by atoms with E-state index in [1.807, 2.05) is 24.8 Å². The number of halogens is 2. The average Bonchev–Trinajstić information content (AvgIpc) is 2.90. The Labute approximate surface area is 214 Å². The van der Waals surface area contributed by atoms with Crippen LogP contribution in [-0.2, 0) is 4.79 Å². The zero-order valence-corrected chi connectivity index (χ0v) is 20.8. The van der Waals surface area contributed by atoms with E-state index >= 15 is 0 Å². The first-order valence-electron chi connectivity index (χ1n) is 12.3. The Morgan fingerprint density at radius 3 is 2.57 bits per heavy atom. The monoisotopic (exact) mass is 509 g/mol. The van der Waals surface area contributed by atoms with Gasteiger partial charge in [-0.05, 0) is 38.1 Å². The number of benzene rings is 1. The number of hydrogen-bond donors (Lipinski definition) is 1. The van der Waals surface area contributed by atoms with Crippen LogP contribution in [0.25, 0.3) is 11.3 Å². The molecule has 0 unspecified atom stereocenters. The number of carbonyl (C=O) groups excluding carboxylic acids is 1. The second-order valence-electron chi connectivity index (χ2n) is 9.31. The third-order valence-electron chi connectivity index (χ3n) is 6.61. The Kier molecular flexibility index (Phi) is 7.13. The quantitative estimate of drug-likeness (QED) is 0.481. The van der Waals surface area contributed by atoms with E-state index < -0.39 is 11.6 Å². The number of aldehydes is 1. The summed E-state index contributed by atoms with van der Waals surface area (Å²) in [6, 6.07) is 6.80. The molecule has 37 heavy (non-hydrogen) atoms. The minimum Gasteiger partial charge on any atom is -0.486 e. The second kappa shape index (κ2) is 10.6. The fourth-order valence-electron chi connectivity index (χ4n) is 4.66. The van der Waals surface area contributed by atoms with Crippen LogP contribution in [0.2, 0.25) is 0 Å². The van der Waals surface area contributed by atoms with Gasteiger partial charge in [0.2, 0.25) is 5.95 Å². The van der Waals surface area contributed by atoms with Gasteiger partial charge in [0.05, 0.1) is 36.9 Å². The molecule has 1 aromatic carbocycles. The number of fused-ring (bicyclic) bond motifs is 1. The molecule has 194 valence electrons. The molecule has 2 aliphatic rings. The average molecular weight is 510 g/mol. The molecule has 2 aromatic heterocycles. The molecule has 0 aliphatic carbocycles. The molecule has 0 bridgehead atoms. The molecular formula is C26H29F2N7O2. The van der Waals surface area contributed by atoms with Crippen LogP contribution in [0.4, 0.5) is 31.9 Å². The molecule has 4 heterocycles. The Morgan fingerprint density at radius 2 is 1.86 bits per heavy atom. The first-order valence-corrected chi connectivity index (χ1v) is 12.3. The van der Waals surface area contributed by atoms with Crippen LogP contribution in [0.5, 0.6) is 5.75 Å². The fraction of sp³-hybridized carbons (Fsp3) is 0.385. The van der Waals surface area contributed by atoms with Gasteiger partial charge in [-0.2, -0.15) is 0 Å². The molecule has 2 aliphatic heterocycles. The molecule has 3 aromatic rings. The smallest absolute Gasteiger partial charge is 0.229 e. The van der Waals surface area contributed by atoms with Crippen molar-refractivity contribution in [2.45, 2.75) is 19.9 Å². The normalized spacial score (nSPS) is 15.9. The molecule has 9 nitrogen and oxygen atoms in total. The predicted octanol–water partition coefficient (Wildman–Crippen LogP) is 3.49. The lowest BCUT2D eigenvalue weighted by Gasteiger charge is -2.35. The zero-order valence-electron chi connectivity index (χ0n) is 20.8. The van der Waals surface area contributed by atoms with Crippen LogP contribution in [0.15, 0.2) is 36.7 Å². The Balaban J connectivity index is 1.34. The number of rotatable bonds is 7. The number of ether oxygens (including phenoxy) is 1. The van der Waals surface area contributed by atoms with E-state index in [0.717, 1.165) is 44.3 Å². The van der Waals surface area contributed by atoms with Crippen LogP contribution in [0.3, 0.4) is 0 Å². The van der Waals surface area contributed by atoms with Gasteiger partial charge < -0.3 is 24.6 Å². The van der Waals surface area contributed by atoms with Gasteiger partial charge in [-0.15, -0.1) is 0 Å². The van der Waals surface area contributed by atoms with Crippen LogP contribution in [0.1, 0.15) is 13.8 Å². The maximum absolute atomic E-state index is 14.9. The number of anilines is 4. The van der Waals surface area contributed by atoms with Crippen molar-refractivity contribution < 1.29 is 18.3 Å². The lowest BCUT2D eigenvalue weighted by Crippen LogP contribution is -2.46. The molecule has 0 atom stereocenters. The number of carbonyl (C=O) groups is 1. The highest BCUT2D eigenvalue weighted by molar-refractivity contribution is 5.73. The van der Waals surface area contributed by atoms with Crippen molar-refractivity contribution in [3.63, 3.8) is 0 Å². The van der Waals surface area contributed by atoms with E-state index in [1.165, 1.54) is 6.07 Å². The summed E-state index contributed by atoms with van der Waals surface area (Å²) >= 11 is 0. The molecule has 1 fully saturated rings. The van der Waals surface area contributed by atoms with Gasteiger partial charge in [-0.1, -0.05) is 0 Å². The van der Waals surface area contributed by atoms with Gasteiger partial charge in [-0.3, -0.25) is 4.90 Å². The molecule has 1 saturated heterocycles. The van der Waals surface area contributed by atoms with Gasteiger partial charge in [0, 0.05) is 37.8 Å². The van der Waals surface area contributed by atoms with Crippen LogP contribution in [-0.4, -0.2) is 78.1 Å². The lowest BCUT2D eigenvalue weighted by molar-refractivity contribution is -0.108.